The maximum atomic E-state index is 13.5. The first-order chi connectivity index (χ1) is 17.7. The quantitative estimate of drug-likeness (QED) is 0.480. The van der Waals surface area contributed by atoms with Gasteiger partial charge >= 0.3 is 12.0 Å². The second-order valence-electron chi connectivity index (χ2n) is 12.9. The van der Waals surface area contributed by atoms with Gasteiger partial charge in [-0.15, -0.1) is 0 Å². The standard InChI is InChI=1S/C32H44N2O4/c1-20-9-11-23(12-10-20)26-21(2)24-13-16-34(30(37)33-17-14-32(7,8)15-18-33)19-25(24)22(3)27(26)28(29(35)36)38-31(4,5)6/h9-12,28H,13-19H2,1-8H3,(H,35,36)/t28-/m0/s1. The van der Waals surface area contributed by atoms with Crippen molar-refractivity contribution in [3.8, 4) is 11.1 Å². The highest BCUT2D eigenvalue weighted by Crippen LogP contribution is 2.43. The van der Waals surface area contributed by atoms with Crippen LogP contribution in [0.25, 0.3) is 11.1 Å². The molecule has 0 radical (unpaired) electrons. The lowest BCUT2D eigenvalue weighted by molar-refractivity contribution is -0.160. The number of hydrogen-bond donors (Lipinski definition) is 1. The lowest BCUT2D eigenvalue weighted by Gasteiger charge is -2.41. The van der Waals surface area contributed by atoms with E-state index in [0.29, 0.717) is 18.7 Å². The molecule has 6 nitrogen and oxygen atoms in total. The van der Waals surface area contributed by atoms with Crippen LogP contribution in [0.1, 0.15) is 86.9 Å². The number of carbonyl (C=O) groups is 2. The fraction of sp³-hybridized carbons (Fsp3) is 0.562. The van der Waals surface area contributed by atoms with Crippen LogP contribution in [0.3, 0.4) is 0 Å². The molecular weight excluding hydrogens is 476 g/mol. The van der Waals surface area contributed by atoms with E-state index in [9.17, 15) is 14.7 Å². The van der Waals surface area contributed by atoms with Gasteiger partial charge in [-0.25, -0.2) is 9.59 Å². The summed E-state index contributed by atoms with van der Waals surface area (Å²) in [7, 11) is 0. The largest absolute Gasteiger partial charge is 0.479 e. The van der Waals surface area contributed by atoms with E-state index in [2.05, 4.69) is 45.0 Å². The Morgan fingerprint density at radius 1 is 0.921 bits per heavy atom. The SMILES string of the molecule is Cc1ccc(-c2c(C)c3c(c(C)c2[C@H](OC(C)(C)C)C(=O)O)CN(C(=O)N2CCC(C)(C)CC2)CC3)cc1. The van der Waals surface area contributed by atoms with Gasteiger partial charge in [0.1, 0.15) is 0 Å². The number of benzene rings is 2. The minimum atomic E-state index is -1.12. The van der Waals surface area contributed by atoms with E-state index >= 15 is 0 Å². The van der Waals surface area contributed by atoms with Crippen LogP contribution in [-0.4, -0.2) is 52.1 Å². The van der Waals surface area contributed by atoms with E-state index in [1.807, 2.05) is 44.4 Å². The van der Waals surface area contributed by atoms with E-state index in [4.69, 9.17) is 4.74 Å². The summed E-state index contributed by atoms with van der Waals surface area (Å²) in [5, 5.41) is 10.4. The van der Waals surface area contributed by atoms with Gasteiger partial charge in [-0.1, -0.05) is 43.7 Å². The number of rotatable bonds is 4. The first-order valence-electron chi connectivity index (χ1n) is 13.8. The second-order valence-corrected chi connectivity index (χ2v) is 12.9. The van der Waals surface area contributed by atoms with E-state index in [1.54, 1.807) is 0 Å². The average molecular weight is 521 g/mol. The summed E-state index contributed by atoms with van der Waals surface area (Å²) in [5.74, 6) is -1.00. The van der Waals surface area contributed by atoms with Crippen molar-refractivity contribution in [2.75, 3.05) is 19.6 Å². The molecule has 0 aromatic heterocycles. The maximum Gasteiger partial charge on any atom is 0.337 e. The number of fused-ring (bicyclic) bond motifs is 1. The molecule has 2 aliphatic heterocycles. The van der Waals surface area contributed by atoms with Gasteiger partial charge in [-0.05, 0) is 99.6 Å². The third-order valence-electron chi connectivity index (χ3n) is 8.25. The van der Waals surface area contributed by atoms with Crippen molar-refractivity contribution in [3.63, 3.8) is 0 Å². The van der Waals surface area contributed by atoms with E-state index in [0.717, 1.165) is 65.7 Å². The molecule has 2 heterocycles. The van der Waals surface area contributed by atoms with Crippen LogP contribution >= 0.6 is 0 Å². The van der Waals surface area contributed by atoms with Crippen LogP contribution in [0, 0.1) is 26.2 Å². The van der Waals surface area contributed by atoms with Crippen molar-refractivity contribution in [1.82, 2.24) is 9.80 Å². The van der Waals surface area contributed by atoms with Gasteiger partial charge < -0.3 is 19.6 Å². The van der Waals surface area contributed by atoms with E-state index < -0.39 is 17.7 Å². The van der Waals surface area contributed by atoms with Gasteiger partial charge in [0.25, 0.3) is 0 Å². The van der Waals surface area contributed by atoms with Crippen LogP contribution in [0.2, 0.25) is 0 Å². The second kappa shape index (κ2) is 10.4. The zero-order chi connectivity index (χ0) is 28.0. The van der Waals surface area contributed by atoms with Crippen LogP contribution in [0.4, 0.5) is 4.79 Å². The summed E-state index contributed by atoms with van der Waals surface area (Å²) in [6.07, 6.45) is 1.65. The van der Waals surface area contributed by atoms with Gasteiger partial charge in [-0.2, -0.15) is 0 Å². The maximum absolute atomic E-state index is 13.5. The summed E-state index contributed by atoms with van der Waals surface area (Å²) in [5.41, 5.74) is 7.70. The zero-order valence-electron chi connectivity index (χ0n) is 24.4. The zero-order valence-corrected chi connectivity index (χ0v) is 24.4. The lowest BCUT2D eigenvalue weighted by Crippen LogP contribution is -2.49. The minimum absolute atomic E-state index is 0.0908. The molecular formula is C32H44N2O4. The van der Waals surface area contributed by atoms with Gasteiger partial charge in [0.15, 0.2) is 6.10 Å². The third kappa shape index (κ3) is 5.75. The number of ether oxygens (including phenoxy) is 1. The molecule has 0 saturated carbocycles. The molecule has 1 N–H and O–H groups in total. The third-order valence-corrected chi connectivity index (χ3v) is 8.25. The topological polar surface area (TPSA) is 70.1 Å². The summed E-state index contributed by atoms with van der Waals surface area (Å²) in [4.78, 5) is 30.2. The van der Waals surface area contributed by atoms with Crippen LogP contribution in [0.5, 0.6) is 0 Å². The molecule has 2 aromatic rings. The Balaban J connectivity index is 1.80. The first-order valence-corrected chi connectivity index (χ1v) is 13.8. The lowest BCUT2D eigenvalue weighted by atomic mass is 9.80. The number of carboxylic acids is 1. The van der Waals surface area contributed by atoms with Crippen molar-refractivity contribution >= 4 is 12.0 Å². The molecule has 0 bridgehead atoms. The summed E-state index contributed by atoms with van der Waals surface area (Å²) < 4.78 is 6.20. The van der Waals surface area contributed by atoms with E-state index in [1.165, 1.54) is 5.56 Å². The molecule has 1 fully saturated rings. The number of aliphatic carboxylic acids is 1. The molecule has 2 aromatic carbocycles. The summed E-state index contributed by atoms with van der Waals surface area (Å²) in [6.45, 7) is 19.1. The Morgan fingerprint density at radius 3 is 2.08 bits per heavy atom. The first kappa shape index (κ1) is 28.2. The highest BCUT2D eigenvalue weighted by atomic mass is 16.5. The Labute approximate surface area is 228 Å². The minimum Gasteiger partial charge on any atom is -0.479 e. The number of hydrogen-bond acceptors (Lipinski definition) is 3. The van der Waals surface area contributed by atoms with Gasteiger partial charge in [0, 0.05) is 31.7 Å². The smallest absolute Gasteiger partial charge is 0.337 e. The molecule has 0 aliphatic carbocycles. The molecule has 38 heavy (non-hydrogen) atoms. The molecule has 0 unspecified atom stereocenters. The highest BCUT2D eigenvalue weighted by Gasteiger charge is 2.36. The number of urea groups is 1. The number of carbonyl (C=O) groups excluding carboxylic acids is 1. The molecule has 6 heteroatoms. The Morgan fingerprint density at radius 2 is 1.53 bits per heavy atom. The Bertz CT molecular complexity index is 1210. The normalized spacial score (nSPS) is 18.2. The van der Waals surface area contributed by atoms with Gasteiger partial charge in [-0.3, -0.25) is 0 Å². The fourth-order valence-corrected chi connectivity index (χ4v) is 5.90. The highest BCUT2D eigenvalue weighted by molar-refractivity contribution is 5.84. The summed E-state index contributed by atoms with van der Waals surface area (Å²) >= 11 is 0. The van der Waals surface area contributed by atoms with Crippen molar-refractivity contribution in [2.24, 2.45) is 5.41 Å². The molecule has 206 valence electrons. The fourth-order valence-electron chi connectivity index (χ4n) is 5.90. The van der Waals surface area contributed by atoms with Crippen LogP contribution in [-0.2, 0) is 22.5 Å². The molecule has 0 spiro atoms. The number of likely N-dealkylation sites (tertiary alicyclic amines) is 1. The molecule has 1 atom stereocenters. The van der Waals surface area contributed by atoms with Crippen LogP contribution in [0.15, 0.2) is 24.3 Å². The number of amides is 2. The number of piperidine rings is 1. The number of nitrogens with zero attached hydrogens (tertiary/aromatic N) is 2. The van der Waals surface area contributed by atoms with Crippen molar-refractivity contribution < 1.29 is 19.4 Å². The monoisotopic (exact) mass is 520 g/mol. The van der Waals surface area contributed by atoms with Gasteiger partial charge in [0.2, 0.25) is 0 Å². The van der Waals surface area contributed by atoms with Crippen molar-refractivity contribution in [1.29, 1.82) is 0 Å². The van der Waals surface area contributed by atoms with Gasteiger partial charge in [0.05, 0.1) is 5.60 Å². The molecule has 1 saturated heterocycles. The van der Waals surface area contributed by atoms with E-state index in [-0.39, 0.29) is 11.4 Å². The van der Waals surface area contributed by atoms with Crippen molar-refractivity contribution in [3.05, 3.63) is 57.6 Å². The number of carboxylic acid groups (broad SMARTS) is 1. The van der Waals surface area contributed by atoms with Crippen molar-refractivity contribution in [2.45, 2.75) is 92.9 Å². The molecule has 4 rings (SSSR count). The summed E-state index contributed by atoms with van der Waals surface area (Å²) in [6, 6.07) is 8.36. The van der Waals surface area contributed by atoms with Crippen LogP contribution < -0.4 is 0 Å². The Hall–Kier alpha value is -2.86. The average Bonchev–Trinajstić information content (AvgIpc) is 2.84. The molecule has 2 aliphatic rings. The number of aryl methyl sites for hydroxylation is 1. The molecule has 2 amide bonds. The predicted molar refractivity (Wildman–Crippen MR) is 151 cm³/mol. The Kier molecular flexibility index (Phi) is 7.68. The predicted octanol–water partition coefficient (Wildman–Crippen LogP) is 6.82.